The topological polar surface area (TPSA) is 45.7 Å². The van der Waals surface area contributed by atoms with Crippen molar-refractivity contribution < 1.29 is 4.74 Å². The van der Waals surface area contributed by atoms with Crippen molar-refractivity contribution in [1.82, 2.24) is 10.6 Å². The highest BCUT2D eigenvalue weighted by molar-refractivity contribution is 5.79. The lowest BCUT2D eigenvalue weighted by Crippen LogP contribution is -2.39. The summed E-state index contributed by atoms with van der Waals surface area (Å²) in [6.07, 6.45) is 9.84. The first-order valence-corrected chi connectivity index (χ1v) is 7.30. The molecule has 1 fully saturated rings. The van der Waals surface area contributed by atoms with Crippen LogP contribution in [0.4, 0.5) is 0 Å². The van der Waals surface area contributed by atoms with Gasteiger partial charge < -0.3 is 15.4 Å². The minimum atomic E-state index is 0.711. The van der Waals surface area contributed by atoms with Gasteiger partial charge in [0.15, 0.2) is 5.96 Å². The summed E-state index contributed by atoms with van der Waals surface area (Å²) in [5.41, 5.74) is 0. The van der Waals surface area contributed by atoms with E-state index in [2.05, 4.69) is 15.6 Å². The highest BCUT2D eigenvalue weighted by atomic mass is 16.5. The van der Waals surface area contributed by atoms with Crippen LogP contribution in [0, 0.1) is 5.92 Å². The fourth-order valence-corrected chi connectivity index (χ4v) is 2.56. The zero-order valence-electron chi connectivity index (χ0n) is 12.0. The SMILES string of the molecule is CN=C(NCCCCC1CCCC1)NCCOC. The summed E-state index contributed by atoms with van der Waals surface area (Å²) in [5, 5.41) is 6.55. The molecule has 0 atom stereocenters. The van der Waals surface area contributed by atoms with Gasteiger partial charge in [0.25, 0.3) is 0 Å². The van der Waals surface area contributed by atoms with Crippen LogP contribution < -0.4 is 10.6 Å². The monoisotopic (exact) mass is 255 g/mol. The molecule has 1 aliphatic rings. The van der Waals surface area contributed by atoms with Crippen molar-refractivity contribution in [3.63, 3.8) is 0 Å². The molecule has 4 heteroatoms. The molecule has 0 aromatic carbocycles. The fraction of sp³-hybridized carbons (Fsp3) is 0.929. The van der Waals surface area contributed by atoms with Crippen molar-refractivity contribution in [2.45, 2.75) is 44.9 Å². The molecule has 0 aliphatic heterocycles. The van der Waals surface area contributed by atoms with Crippen LogP contribution in [0.25, 0.3) is 0 Å². The van der Waals surface area contributed by atoms with Gasteiger partial charge in [0.2, 0.25) is 0 Å². The Hall–Kier alpha value is -0.770. The number of nitrogens with one attached hydrogen (secondary N) is 2. The lowest BCUT2D eigenvalue weighted by atomic mass is 10.0. The minimum absolute atomic E-state index is 0.711. The van der Waals surface area contributed by atoms with E-state index in [9.17, 15) is 0 Å². The number of guanidine groups is 1. The van der Waals surface area contributed by atoms with E-state index in [-0.39, 0.29) is 0 Å². The van der Waals surface area contributed by atoms with Crippen molar-refractivity contribution in [2.75, 3.05) is 33.9 Å². The first-order valence-electron chi connectivity index (χ1n) is 7.30. The second kappa shape index (κ2) is 10.2. The number of aliphatic imine (C=N–C) groups is 1. The van der Waals surface area contributed by atoms with Gasteiger partial charge in [0, 0.05) is 27.2 Å². The largest absolute Gasteiger partial charge is 0.383 e. The van der Waals surface area contributed by atoms with Crippen LogP contribution in [0.15, 0.2) is 4.99 Å². The molecular formula is C14H29N3O. The molecule has 1 saturated carbocycles. The highest BCUT2D eigenvalue weighted by Crippen LogP contribution is 2.28. The van der Waals surface area contributed by atoms with E-state index < -0.39 is 0 Å². The van der Waals surface area contributed by atoms with Crippen molar-refractivity contribution in [3.05, 3.63) is 0 Å². The molecule has 0 radical (unpaired) electrons. The number of rotatable bonds is 8. The summed E-state index contributed by atoms with van der Waals surface area (Å²) in [5.74, 6) is 1.90. The summed E-state index contributed by atoms with van der Waals surface area (Å²) < 4.78 is 4.99. The van der Waals surface area contributed by atoms with Gasteiger partial charge in [0.1, 0.15) is 0 Å². The second-order valence-corrected chi connectivity index (χ2v) is 5.06. The Morgan fingerprint density at radius 3 is 2.56 bits per heavy atom. The Labute approximate surface area is 112 Å². The molecule has 0 saturated heterocycles. The predicted molar refractivity (Wildman–Crippen MR) is 77.0 cm³/mol. The van der Waals surface area contributed by atoms with Crippen LogP contribution in [0.5, 0.6) is 0 Å². The van der Waals surface area contributed by atoms with Crippen LogP contribution in [-0.2, 0) is 4.74 Å². The Morgan fingerprint density at radius 2 is 1.89 bits per heavy atom. The molecule has 0 aromatic rings. The van der Waals surface area contributed by atoms with Gasteiger partial charge >= 0.3 is 0 Å². The molecule has 1 aliphatic carbocycles. The van der Waals surface area contributed by atoms with E-state index >= 15 is 0 Å². The molecule has 2 N–H and O–H groups in total. The maximum Gasteiger partial charge on any atom is 0.191 e. The first kappa shape index (κ1) is 15.3. The Balaban J connectivity index is 1.94. The van der Waals surface area contributed by atoms with Crippen LogP contribution in [0.3, 0.4) is 0 Å². The third-order valence-electron chi connectivity index (χ3n) is 3.63. The van der Waals surface area contributed by atoms with Gasteiger partial charge in [0.05, 0.1) is 6.61 Å². The maximum absolute atomic E-state index is 4.99. The fourth-order valence-electron chi connectivity index (χ4n) is 2.56. The molecule has 0 amide bonds. The summed E-state index contributed by atoms with van der Waals surface area (Å²) in [4.78, 5) is 4.17. The van der Waals surface area contributed by atoms with E-state index in [4.69, 9.17) is 4.74 Å². The average molecular weight is 255 g/mol. The van der Waals surface area contributed by atoms with Crippen LogP contribution in [0.2, 0.25) is 0 Å². The molecule has 0 bridgehead atoms. The van der Waals surface area contributed by atoms with Gasteiger partial charge in [-0.3, -0.25) is 4.99 Å². The zero-order chi connectivity index (χ0) is 13.1. The first-order chi connectivity index (χ1) is 8.86. The summed E-state index contributed by atoms with van der Waals surface area (Å²) in [6.45, 7) is 2.53. The average Bonchev–Trinajstić information content (AvgIpc) is 2.89. The Kier molecular flexibility index (Phi) is 8.65. The predicted octanol–water partition coefficient (Wildman–Crippen LogP) is 2.16. The van der Waals surface area contributed by atoms with Gasteiger partial charge in [-0.25, -0.2) is 0 Å². The maximum atomic E-state index is 4.99. The number of hydrogen-bond acceptors (Lipinski definition) is 2. The standard InChI is InChI=1S/C14H29N3O/c1-15-14(17-11-12-18-2)16-10-6-5-9-13-7-3-4-8-13/h13H,3-12H2,1-2H3,(H2,15,16,17). The van der Waals surface area contributed by atoms with Gasteiger partial charge in [-0.05, 0) is 12.3 Å². The number of methoxy groups -OCH3 is 1. The summed E-state index contributed by atoms with van der Waals surface area (Å²) in [6, 6.07) is 0. The van der Waals surface area contributed by atoms with Crippen LogP contribution >= 0.6 is 0 Å². The lowest BCUT2D eigenvalue weighted by molar-refractivity contribution is 0.203. The van der Waals surface area contributed by atoms with E-state index in [0.717, 1.165) is 25.0 Å². The number of hydrogen-bond donors (Lipinski definition) is 2. The quantitative estimate of drug-likeness (QED) is 0.397. The highest BCUT2D eigenvalue weighted by Gasteiger charge is 2.13. The van der Waals surface area contributed by atoms with Crippen molar-refractivity contribution >= 4 is 5.96 Å². The lowest BCUT2D eigenvalue weighted by Gasteiger charge is -2.12. The molecule has 106 valence electrons. The van der Waals surface area contributed by atoms with Gasteiger partial charge in [-0.1, -0.05) is 38.5 Å². The van der Waals surface area contributed by atoms with E-state index in [0.29, 0.717) is 6.61 Å². The molecule has 4 nitrogen and oxygen atoms in total. The van der Waals surface area contributed by atoms with E-state index in [1.54, 1.807) is 14.2 Å². The molecule has 0 heterocycles. The van der Waals surface area contributed by atoms with E-state index in [1.807, 2.05) is 0 Å². The third kappa shape index (κ3) is 6.84. The Morgan fingerprint density at radius 1 is 1.17 bits per heavy atom. The van der Waals surface area contributed by atoms with E-state index in [1.165, 1.54) is 44.9 Å². The van der Waals surface area contributed by atoms with Gasteiger partial charge in [-0.15, -0.1) is 0 Å². The molecule has 0 aromatic heterocycles. The van der Waals surface area contributed by atoms with Gasteiger partial charge in [-0.2, -0.15) is 0 Å². The number of unbranched alkanes of at least 4 members (excludes halogenated alkanes) is 1. The van der Waals surface area contributed by atoms with Crippen LogP contribution in [0.1, 0.15) is 44.9 Å². The molecule has 1 rings (SSSR count). The minimum Gasteiger partial charge on any atom is -0.383 e. The number of ether oxygens (including phenoxy) is 1. The molecule has 0 spiro atoms. The Bertz CT molecular complexity index is 225. The molecule has 18 heavy (non-hydrogen) atoms. The molecular weight excluding hydrogens is 226 g/mol. The van der Waals surface area contributed by atoms with Crippen molar-refractivity contribution in [2.24, 2.45) is 10.9 Å². The normalized spacial score (nSPS) is 17.1. The summed E-state index contributed by atoms with van der Waals surface area (Å²) >= 11 is 0. The third-order valence-corrected chi connectivity index (χ3v) is 3.63. The summed E-state index contributed by atoms with van der Waals surface area (Å²) in [7, 11) is 3.52. The second-order valence-electron chi connectivity index (χ2n) is 5.06. The number of nitrogens with zero attached hydrogens (tertiary/aromatic N) is 1. The smallest absolute Gasteiger partial charge is 0.191 e. The zero-order valence-corrected chi connectivity index (χ0v) is 12.0. The van der Waals surface area contributed by atoms with Crippen molar-refractivity contribution in [1.29, 1.82) is 0 Å². The van der Waals surface area contributed by atoms with Crippen LogP contribution in [-0.4, -0.2) is 39.8 Å². The van der Waals surface area contributed by atoms with Crippen molar-refractivity contribution in [3.8, 4) is 0 Å². The molecule has 0 unspecified atom stereocenters.